The number of carboxylic acids is 2. The number of amides is 3. The molecule has 0 rings (SSSR count). The van der Waals surface area contributed by atoms with Crippen LogP contribution in [0.15, 0.2) is 0 Å². The highest BCUT2D eigenvalue weighted by atomic mass is 32.2. The molecule has 0 bridgehead atoms. The van der Waals surface area contributed by atoms with E-state index in [1.54, 1.807) is 13.8 Å². The molecule has 0 fully saturated rings. The first-order valence-corrected chi connectivity index (χ1v) is 11.5. The maximum absolute atomic E-state index is 12.6. The van der Waals surface area contributed by atoms with Gasteiger partial charge in [-0.2, -0.15) is 11.8 Å². The molecule has 184 valence electrons. The number of hydrogen-bond donors (Lipinski definition) is 7. The first kappa shape index (κ1) is 29.6. The minimum Gasteiger partial charge on any atom is -0.481 e. The molecule has 0 radical (unpaired) electrons. The summed E-state index contributed by atoms with van der Waals surface area (Å²) in [6.45, 7) is 4.73. The van der Waals surface area contributed by atoms with Crippen LogP contribution in [0.3, 0.4) is 0 Å². The van der Waals surface area contributed by atoms with Gasteiger partial charge in [0.25, 0.3) is 0 Å². The van der Waals surface area contributed by atoms with E-state index in [-0.39, 0.29) is 12.3 Å². The Morgan fingerprint density at radius 2 is 1.47 bits per heavy atom. The number of aliphatic carboxylic acids is 2. The molecular weight excluding hydrogens is 444 g/mol. The van der Waals surface area contributed by atoms with Gasteiger partial charge >= 0.3 is 11.9 Å². The van der Waals surface area contributed by atoms with E-state index >= 15 is 0 Å². The average molecular weight is 479 g/mol. The highest BCUT2D eigenvalue weighted by molar-refractivity contribution is 7.98. The van der Waals surface area contributed by atoms with Crippen LogP contribution in [0.4, 0.5) is 0 Å². The van der Waals surface area contributed by atoms with Crippen molar-refractivity contribution in [3.8, 4) is 0 Å². The molecular formula is C19H34N4O8S. The number of rotatable bonds is 15. The number of nitrogens with one attached hydrogen (secondary N) is 3. The summed E-state index contributed by atoms with van der Waals surface area (Å²) >= 11 is 1.48. The molecule has 12 nitrogen and oxygen atoms in total. The zero-order chi connectivity index (χ0) is 25.0. The van der Waals surface area contributed by atoms with Gasteiger partial charge in [-0.25, -0.2) is 4.79 Å². The maximum atomic E-state index is 12.6. The molecule has 0 aromatic heterocycles. The summed E-state index contributed by atoms with van der Waals surface area (Å²) in [5, 5.41) is 35.0. The lowest BCUT2D eigenvalue weighted by atomic mass is 10.0. The molecule has 13 heteroatoms. The fourth-order valence-electron chi connectivity index (χ4n) is 2.65. The van der Waals surface area contributed by atoms with Crippen molar-refractivity contribution < 1.29 is 39.3 Å². The second kappa shape index (κ2) is 14.6. The van der Waals surface area contributed by atoms with Crippen LogP contribution in [0.2, 0.25) is 0 Å². The fraction of sp³-hybridized carbons (Fsp3) is 0.737. The number of thioether (sulfide) groups is 1. The number of hydrogen-bond acceptors (Lipinski definition) is 8. The molecule has 0 aromatic carbocycles. The number of nitrogens with two attached hydrogens (primary N) is 1. The predicted octanol–water partition coefficient (Wildman–Crippen LogP) is -1.49. The zero-order valence-corrected chi connectivity index (χ0v) is 19.5. The molecule has 0 saturated heterocycles. The fourth-order valence-corrected chi connectivity index (χ4v) is 3.14. The van der Waals surface area contributed by atoms with Gasteiger partial charge in [0.05, 0.1) is 18.6 Å². The van der Waals surface area contributed by atoms with Crippen molar-refractivity contribution in [2.24, 2.45) is 11.7 Å². The molecule has 3 amide bonds. The molecule has 5 unspecified atom stereocenters. The van der Waals surface area contributed by atoms with E-state index in [0.717, 1.165) is 0 Å². The summed E-state index contributed by atoms with van der Waals surface area (Å²) < 4.78 is 0. The Labute approximate surface area is 191 Å². The minimum absolute atomic E-state index is 0.0749. The number of carbonyl (C=O) groups excluding carboxylic acids is 3. The average Bonchev–Trinajstić information content (AvgIpc) is 2.67. The standard InChI is InChI=1S/C19H34N4O8S/c1-9(2)7-13(19(30)31)22-17(28)12(8-14(25)26)21-18(29)15(10(3)24)23-16(27)11(20)5-6-32-4/h9-13,15,24H,5-8,20H2,1-4H3,(H,21,29)(H,22,28)(H,23,27)(H,25,26)(H,30,31). The Kier molecular flexibility index (Phi) is 13.5. The van der Waals surface area contributed by atoms with Crippen molar-refractivity contribution >= 4 is 41.4 Å². The second-order valence-electron chi connectivity index (χ2n) is 7.80. The highest BCUT2D eigenvalue weighted by Gasteiger charge is 2.33. The van der Waals surface area contributed by atoms with Gasteiger partial charge in [0, 0.05) is 0 Å². The highest BCUT2D eigenvalue weighted by Crippen LogP contribution is 2.07. The van der Waals surface area contributed by atoms with Crippen molar-refractivity contribution in [3.63, 3.8) is 0 Å². The summed E-state index contributed by atoms with van der Waals surface area (Å²) in [6.07, 6.45) is 0.0415. The Bertz CT molecular complexity index is 674. The molecule has 0 aliphatic heterocycles. The Morgan fingerprint density at radius 1 is 0.906 bits per heavy atom. The first-order chi connectivity index (χ1) is 14.8. The van der Waals surface area contributed by atoms with Crippen LogP contribution in [-0.4, -0.2) is 87.3 Å². The SMILES string of the molecule is CSCCC(N)C(=O)NC(C(=O)NC(CC(=O)O)C(=O)NC(CC(C)C)C(=O)O)C(C)O. The van der Waals surface area contributed by atoms with Crippen molar-refractivity contribution in [3.05, 3.63) is 0 Å². The van der Waals surface area contributed by atoms with E-state index in [1.165, 1.54) is 18.7 Å². The normalized spacial score (nSPS) is 15.7. The summed E-state index contributed by atoms with van der Waals surface area (Å²) in [5.41, 5.74) is 5.75. The van der Waals surface area contributed by atoms with Gasteiger partial charge in [0.15, 0.2) is 0 Å². The van der Waals surface area contributed by atoms with E-state index in [9.17, 15) is 34.2 Å². The van der Waals surface area contributed by atoms with E-state index < -0.39 is 66.4 Å². The molecule has 0 aliphatic carbocycles. The van der Waals surface area contributed by atoms with Crippen LogP contribution in [0, 0.1) is 5.92 Å². The van der Waals surface area contributed by atoms with Gasteiger partial charge in [0.1, 0.15) is 18.1 Å². The maximum Gasteiger partial charge on any atom is 0.326 e. The molecule has 0 aliphatic rings. The number of aliphatic hydroxyl groups excluding tert-OH is 1. The molecule has 0 saturated carbocycles. The number of carbonyl (C=O) groups is 5. The Morgan fingerprint density at radius 3 is 1.91 bits per heavy atom. The van der Waals surface area contributed by atoms with Crippen LogP contribution < -0.4 is 21.7 Å². The summed E-state index contributed by atoms with van der Waals surface area (Å²) in [5.74, 6) is -4.92. The van der Waals surface area contributed by atoms with Gasteiger partial charge in [0.2, 0.25) is 17.7 Å². The van der Waals surface area contributed by atoms with Gasteiger partial charge < -0.3 is 37.0 Å². The number of aliphatic hydroxyl groups is 1. The molecule has 0 heterocycles. The summed E-state index contributed by atoms with van der Waals surface area (Å²) in [4.78, 5) is 59.9. The first-order valence-electron chi connectivity index (χ1n) is 10.1. The van der Waals surface area contributed by atoms with Crippen molar-refractivity contribution in [2.75, 3.05) is 12.0 Å². The van der Waals surface area contributed by atoms with Gasteiger partial charge in [-0.3, -0.25) is 19.2 Å². The van der Waals surface area contributed by atoms with E-state index in [0.29, 0.717) is 12.2 Å². The largest absolute Gasteiger partial charge is 0.481 e. The molecule has 0 aromatic rings. The monoisotopic (exact) mass is 478 g/mol. The topological polar surface area (TPSA) is 208 Å². The van der Waals surface area contributed by atoms with Crippen molar-refractivity contribution in [1.82, 2.24) is 16.0 Å². The van der Waals surface area contributed by atoms with E-state index in [1.807, 2.05) is 6.26 Å². The Balaban J connectivity index is 5.40. The lowest BCUT2D eigenvalue weighted by Gasteiger charge is -2.26. The van der Waals surface area contributed by atoms with Crippen LogP contribution >= 0.6 is 11.8 Å². The second-order valence-corrected chi connectivity index (χ2v) is 8.79. The summed E-state index contributed by atoms with van der Waals surface area (Å²) in [6, 6.07) is -5.34. The van der Waals surface area contributed by atoms with Crippen molar-refractivity contribution in [1.29, 1.82) is 0 Å². The Hall–Kier alpha value is -2.38. The van der Waals surface area contributed by atoms with Gasteiger partial charge in [-0.1, -0.05) is 13.8 Å². The van der Waals surface area contributed by atoms with Crippen LogP contribution in [0.25, 0.3) is 0 Å². The lowest BCUT2D eigenvalue weighted by molar-refractivity contribution is -0.144. The van der Waals surface area contributed by atoms with Crippen molar-refractivity contribution in [2.45, 2.75) is 70.3 Å². The number of carboxylic acid groups (broad SMARTS) is 2. The molecule has 0 spiro atoms. The van der Waals surface area contributed by atoms with E-state index in [4.69, 9.17) is 10.8 Å². The molecule has 8 N–H and O–H groups in total. The summed E-state index contributed by atoms with van der Waals surface area (Å²) in [7, 11) is 0. The lowest BCUT2D eigenvalue weighted by Crippen LogP contribution is -2.60. The minimum atomic E-state index is -1.63. The van der Waals surface area contributed by atoms with Crippen LogP contribution in [0.5, 0.6) is 0 Å². The third kappa shape index (κ3) is 11.3. The third-order valence-electron chi connectivity index (χ3n) is 4.37. The van der Waals surface area contributed by atoms with Crippen LogP contribution in [0.1, 0.15) is 40.0 Å². The smallest absolute Gasteiger partial charge is 0.326 e. The zero-order valence-electron chi connectivity index (χ0n) is 18.7. The van der Waals surface area contributed by atoms with E-state index in [2.05, 4.69) is 16.0 Å². The third-order valence-corrected chi connectivity index (χ3v) is 5.01. The predicted molar refractivity (Wildman–Crippen MR) is 118 cm³/mol. The molecule has 5 atom stereocenters. The quantitative estimate of drug-likeness (QED) is 0.145. The van der Waals surface area contributed by atoms with Gasteiger partial charge in [-0.15, -0.1) is 0 Å². The molecule has 32 heavy (non-hydrogen) atoms. The van der Waals surface area contributed by atoms with Gasteiger partial charge in [-0.05, 0) is 37.7 Å². The van der Waals surface area contributed by atoms with Crippen LogP contribution in [-0.2, 0) is 24.0 Å².